The summed E-state index contributed by atoms with van der Waals surface area (Å²) in [6.45, 7) is 4.60. The third-order valence-corrected chi connectivity index (χ3v) is 5.43. The van der Waals surface area contributed by atoms with Crippen molar-refractivity contribution in [3.05, 3.63) is 29.8 Å². The lowest BCUT2D eigenvalue weighted by atomic mass is 9.86. The van der Waals surface area contributed by atoms with Gasteiger partial charge in [0.2, 0.25) is 0 Å². The number of hydrogen-bond acceptors (Lipinski definition) is 2. The summed E-state index contributed by atoms with van der Waals surface area (Å²) in [4.78, 5) is 4.44. The predicted molar refractivity (Wildman–Crippen MR) is 90.8 cm³/mol. The Kier molecular flexibility index (Phi) is 5.87. The van der Waals surface area contributed by atoms with Crippen LogP contribution in [-0.4, -0.2) is 37.6 Å². The summed E-state index contributed by atoms with van der Waals surface area (Å²) < 4.78 is 27.2. The van der Waals surface area contributed by atoms with Gasteiger partial charge >= 0.3 is 0 Å². The van der Waals surface area contributed by atoms with Gasteiger partial charge in [0.25, 0.3) is 0 Å². The predicted octanol–water partition coefficient (Wildman–Crippen LogP) is 4.45. The van der Waals surface area contributed by atoms with E-state index in [1.54, 1.807) is 0 Å². The van der Waals surface area contributed by atoms with Crippen LogP contribution in [0.15, 0.2) is 18.2 Å². The standard InChI is InChI=1S/C19H28F2N2/c20-17-8-9-18(21)19(15-17)23-13-11-22(12-14-23)10-4-7-16-5-2-1-3-6-16/h8-9,15-16H,1-7,10-14H2. The van der Waals surface area contributed by atoms with Crippen LogP contribution in [0.2, 0.25) is 0 Å². The second-order valence-corrected chi connectivity index (χ2v) is 7.07. The Hall–Kier alpha value is -1.16. The van der Waals surface area contributed by atoms with Crippen LogP contribution >= 0.6 is 0 Å². The molecule has 0 aromatic heterocycles. The van der Waals surface area contributed by atoms with Crippen molar-refractivity contribution in [1.29, 1.82) is 0 Å². The molecule has 1 saturated carbocycles. The Morgan fingerprint density at radius 3 is 2.43 bits per heavy atom. The molecule has 1 aliphatic heterocycles. The maximum atomic E-state index is 13.8. The molecule has 0 amide bonds. The van der Waals surface area contributed by atoms with E-state index in [9.17, 15) is 8.78 Å². The molecule has 0 radical (unpaired) electrons. The molecule has 23 heavy (non-hydrogen) atoms. The first-order valence-electron chi connectivity index (χ1n) is 9.15. The summed E-state index contributed by atoms with van der Waals surface area (Å²) in [5.41, 5.74) is 0.409. The average Bonchev–Trinajstić information content (AvgIpc) is 2.59. The zero-order valence-electron chi connectivity index (χ0n) is 13.9. The normalized spacial score (nSPS) is 20.9. The highest BCUT2D eigenvalue weighted by molar-refractivity contribution is 5.48. The third-order valence-electron chi connectivity index (χ3n) is 5.43. The number of rotatable bonds is 5. The van der Waals surface area contributed by atoms with Gasteiger partial charge in [-0.3, -0.25) is 4.90 Å². The van der Waals surface area contributed by atoms with Crippen LogP contribution in [0, 0.1) is 17.6 Å². The van der Waals surface area contributed by atoms with E-state index >= 15 is 0 Å². The van der Waals surface area contributed by atoms with E-state index in [2.05, 4.69) is 4.90 Å². The van der Waals surface area contributed by atoms with Crippen molar-refractivity contribution < 1.29 is 8.78 Å². The number of piperazine rings is 1. The molecule has 0 bridgehead atoms. The summed E-state index contributed by atoms with van der Waals surface area (Å²) >= 11 is 0. The van der Waals surface area contributed by atoms with Crippen LogP contribution in [0.4, 0.5) is 14.5 Å². The maximum Gasteiger partial charge on any atom is 0.146 e. The number of anilines is 1. The van der Waals surface area contributed by atoms with Gasteiger partial charge in [-0.15, -0.1) is 0 Å². The molecular formula is C19H28F2N2. The van der Waals surface area contributed by atoms with Gasteiger partial charge in [0.1, 0.15) is 11.6 Å². The number of halogens is 2. The van der Waals surface area contributed by atoms with E-state index in [0.29, 0.717) is 5.69 Å². The summed E-state index contributed by atoms with van der Waals surface area (Å²) in [6.07, 6.45) is 9.75. The SMILES string of the molecule is Fc1ccc(F)c(N2CCN(CCCC3CCCCC3)CC2)c1. The third kappa shape index (κ3) is 4.66. The first-order valence-corrected chi connectivity index (χ1v) is 9.15. The van der Waals surface area contributed by atoms with Gasteiger partial charge in [0.05, 0.1) is 5.69 Å². The molecule has 1 aromatic carbocycles. The Morgan fingerprint density at radius 1 is 0.957 bits per heavy atom. The van der Waals surface area contributed by atoms with E-state index in [1.807, 2.05) is 4.90 Å². The Labute approximate surface area is 138 Å². The number of hydrogen-bond donors (Lipinski definition) is 0. The Morgan fingerprint density at radius 2 is 1.70 bits per heavy atom. The van der Waals surface area contributed by atoms with E-state index < -0.39 is 0 Å². The van der Waals surface area contributed by atoms with Crippen molar-refractivity contribution in [3.8, 4) is 0 Å². The molecule has 3 rings (SSSR count). The zero-order chi connectivity index (χ0) is 16.1. The Bertz CT molecular complexity index is 492. The van der Waals surface area contributed by atoms with Crippen LogP contribution in [0.3, 0.4) is 0 Å². The van der Waals surface area contributed by atoms with Crippen molar-refractivity contribution >= 4 is 5.69 Å². The smallest absolute Gasteiger partial charge is 0.146 e. The van der Waals surface area contributed by atoms with Gasteiger partial charge in [0.15, 0.2) is 0 Å². The van der Waals surface area contributed by atoms with Crippen molar-refractivity contribution in [3.63, 3.8) is 0 Å². The molecule has 1 heterocycles. The quantitative estimate of drug-likeness (QED) is 0.790. The fourth-order valence-electron chi connectivity index (χ4n) is 4.02. The minimum atomic E-state index is -0.365. The van der Waals surface area contributed by atoms with Gasteiger partial charge in [-0.2, -0.15) is 0 Å². The van der Waals surface area contributed by atoms with Gasteiger partial charge < -0.3 is 4.90 Å². The van der Waals surface area contributed by atoms with E-state index in [1.165, 1.54) is 63.1 Å². The first-order chi connectivity index (χ1) is 11.2. The molecule has 128 valence electrons. The van der Waals surface area contributed by atoms with E-state index in [-0.39, 0.29) is 11.6 Å². The summed E-state index contributed by atoms with van der Waals surface area (Å²) in [5, 5.41) is 0. The Balaban J connectivity index is 1.40. The van der Waals surface area contributed by atoms with Crippen molar-refractivity contribution in [1.82, 2.24) is 4.90 Å². The zero-order valence-corrected chi connectivity index (χ0v) is 13.9. The highest BCUT2D eigenvalue weighted by Gasteiger charge is 2.20. The highest BCUT2D eigenvalue weighted by Crippen LogP contribution is 2.27. The molecular weight excluding hydrogens is 294 g/mol. The van der Waals surface area contributed by atoms with E-state index in [0.717, 1.165) is 38.6 Å². The largest absolute Gasteiger partial charge is 0.367 e. The lowest BCUT2D eigenvalue weighted by Crippen LogP contribution is -2.47. The maximum absolute atomic E-state index is 13.8. The summed E-state index contributed by atoms with van der Waals surface area (Å²) in [6, 6.07) is 3.72. The van der Waals surface area contributed by atoms with Crippen molar-refractivity contribution in [2.45, 2.75) is 44.9 Å². The second-order valence-electron chi connectivity index (χ2n) is 7.07. The van der Waals surface area contributed by atoms with Crippen LogP contribution in [0.1, 0.15) is 44.9 Å². The van der Waals surface area contributed by atoms with Gasteiger partial charge in [-0.1, -0.05) is 32.1 Å². The topological polar surface area (TPSA) is 6.48 Å². The van der Waals surface area contributed by atoms with Crippen LogP contribution in [0.5, 0.6) is 0 Å². The minimum Gasteiger partial charge on any atom is -0.367 e. The van der Waals surface area contributed by atoms with Crippen LogP contribution in [0.25, 0.3) is 0 Å². The molecule has 0 unspecified atom stereocenters. The molecule has 0 N–H and O–H groups in total. The summed E-state index contributed by atoms with van der Waals surface area (Å²) in [5.74, 6) is 0.264. The van der Waals surface area contributed by atoms with Crippen molar-refractivity contribution in [2.75, 3.05) is 37.6 Å². The van der Waals surface area contributed by atoms with Crippen LogP contribution in [-0.2, 0) is 0 Å². The van der Waals surface area contributed by atoms with Gasteiger partial charge in [-0.05, 0) is 37.4 Å². The molecule has 1 saturated heterocycles. The highest BCUT2D eigenvalue weighted by atomic mass is 19.1. The lowest BCUT2D eigenvalue weighted by molar-refractivity contribution is 0.237. The number of benzene rings is 1. The molecule has 0 atom stereocenters. The molecule has 1 aliphatic carbocycles. The second kappa shape index (κ2) is 8.09. The molecule has 2 aliphatic rings. The molecule has 1 aromatic rings. The lowest BCUT2D eigenvalue weighted by Gasteiger charge is -2.36. The molecule has 2 fully saturated rings. The average molecular weight is 322 g/mol. The summed E-state index contributed by atoms with van der Waals surface area (Å²) in [7, 11) is 0. The monoisotopic (exact) mass is 322 g/mol. The molecule has 4 heteroatoms. The molecule has 2 nitrogen and oxygen atoms in total. The van der Waals surface area contributed by atoms with Crippen LogP contribution < -0.4 is 4.90 Å². The van der Waals surface area contributed by atoms with E-state index in [4.69, 9.17) is 0 Å². The minimum absolute atomic E-state index is 0.322. The fourth-order valence-corrected chi connectivity index (χ4v) is 4.02. The first kappa shape index (κ1) is 16.7. The number of nitrogens with zero attached hydrogens (tertiary/aromatic N) is 2. The fraction of sp³-hybridized carbons (Fsp3) is 0.684. The van der Waals surface area contributed by atoms with Crippen molar-refractivity contribution in [2.24, 2.45) is 5.92 Å². The molecule has 0 spiro atoms. The van der Waals surface area contributed by atoms with Gasteiger partial charge in [0, 0.05) is 32.2 Å². The van der Waals surface area contributed by atoms with Gasteiger partial charge in [-0.25, -0.2) is 8.78 Å².